The number of nitrogens with one attached hydrogen (secondary N) is 2. The first-order chi connectivity index (χ1) is 12.0. The molecule has 132 valence electrons. The van der Waals surface area contributed by atoms with Gasteiger partial charge in [0.25, 0.3) is 5.91 Å². The molecule has 0 saturated heterocycles. The van der Waals surface area contributed by atoms with E-state index in [-0.39, 0.29) is 12.3 Å². The number of amides is 2. The highest BCUT2D eigenvalue weighted by atomic mass is 19.1. The van der Waals surface area contributed by atoms with Gasteiger partial charge in [0.15, 0.2) is 0 Å². The van der Waals surface area contributed by atoms with Gasteiger partial charge < -0.3 is 15.4 Å². The van der Waals surface area contributed by atoms with E-state index in [9.17, 15) is 18.4 Å². The molecule has 2 aromatic rings. The minimum Gasteiger partial charge on any atom is -0.383 e. The van der Waals surface area contributed by atoms with Gasteiger partial charge in [-0.2, -0.15) is 0 Å². The molecule has 0 aliphatic heterocycles. The van der Waals surface area contributed by atoms with Crippen LogP contribution in [0.1, 0.15) is 15.9 Å². The van der Waals surface area contributed by atoms with Crippen molar-refractivity contribution >= 4 is 17.5 Å². The van der Waals surface area contributed by atoms with Crippen LogP contribution in [0.2, 0.25) is 0 Å². The summed E-state index contributed by atoms with van der Waals surface area (Å²) in [4.78, 5) is 23.7. The van der Waals surface area contributed by atoms with Crippen LogP contribution in [0, 0.1) is 11.6 Å². The summed E-state index contributed by atoms with van der Waals surface area (Å²) < 4.78 is 32.0. The Kier molecular flexibility index (Phi) is 6.59. The lowest BCUT2D eigenvalue weighted by Gasteiger charge is -2.08. The predicted molar refractivity (Wildman–Crippen MR) is 89.3 cm³/mol. The molecule has 0 atom stereocenters. The van der Waals surface area contributed by atoms with Crippen LogP contribution in [0.3, 0.4) is 0 Å². The van der Waals surface area contributed by atoms with Gasteiger partial charge in [-0.15, -0.1) is 0 Å². The van der Waals surface area contributed by atoms with Crippen molar-refractivity contribution in [3.8, 4) is 0 Å². The van der Waals surface area contributed by atoms with E-state index >= 15 is 0 Å². The molecule has 0 unspecified atom stereocenters. The number of carbonyl (C=O) groups is 2. The van der Waals surface area contributed by atoms with E-state index in [2.05, 4.69) is 10.6 Å². The number of carbonyl (C=O) groups excluding carboxylic acids is 2. The second-order valence-corrected chi connectivity index (χ2v) is 5.27. The van der Waals surface area contributed by atoms with Crippen LogP contribution in [-0.4, -0.2) is 32.1 Å². The summed E-state index contributed by atoms with van der Waals surface area (Å²) in [7, 11) is 1.55. The molecule has 0 saturated carbocycles. The van der Waals surface area contributed by atoms with Crippen LogP contribution in [-0.2, 0) is 16.0 Å². The maximum atomic E-state index is 13.6. The Morgan fingerprint density at radius 3 is 2.28 bits per heavy atom. The molecule has 2 rings (SSSR count). The third-order valence-electron chi connectivity index (χ3n) is 3.39. The Hall–Kier alpha value is -2.80. The standard InChI is InChI=1S/C18H18F2N2O3/c1-25-10-9-21-16(23)11-12-5-7-13(8-6-12)22-18(24)17-14(19)3-2-4-15(17)20/h2-8H,9-11H2,1H3,(H,21,23)(H,22,24). The van der Waals surface area contributed by atoms with E-state index in [4.69, 9.17) is 4.74 Å². The Labute approximate surface area is 144 Å². The SMILES string of the molecule is COCCNC(=O)Cc1ccc(NC(=O)c2c(F)cccc2F)cc1. The molecule has 0 aliphatic carbocycles. The molecule has 0 aromatic heterocycles. The summed E-state index contributed by atoms with van der Waals surface area (Å²) in [5.74, 6) is -2.88. The van der Waals surface area contributed by atoms with Gasteiger partial charge in [-0.3, -0.25) is 9.59 Å². The van der Waals surface area contributed by atoms with Crippen LogP contribution >= 0.6 is 0 Å². The Bertz CT molecular complexity index is 728. The molecular weight excluding hydrogens is 330 g/mol. The Balaban J connectivity index is 1.96. The molecule has 2 aromatic carbocycles. The predicted octanol–water partition coefficient (Wildman–Crippen LogP) is 2.52. The second-order valence-electron chi connectivity index (χ2n) is 5.27. The molecular formula is C18H18F2N2O3. The first-order valence-corrected chi connectivity index (χ1v) is 7.61. The van der Waals surface area contributed by atoms with Crippen molar-refractivity contribution in [1.29, 1.82) is 0 Å². The first kappa shape index (κ1) is 18.5. The number of halogens is 2. The molecule has 0 aliphatic rings. The Morgan fingerprint density at radius 1 is 1.04 bits per heavy atom. The van der Waals surface area contributed by atoms with Crippen LogP contribution in [0.15, 0.2) is 42.5 Å². The van der Waals surface area contributed by atoms with Crippen molar-refractivity contribution in [2.24, 2.45) is 0 Å². The van der Waals surface area contributed by atoms with Gasteiger partial charge in [-0.1, -0.05) is 18.2 Å². The van der Waals surface area contributed by atoms with Crippen molar-refractivity contribution < 1.29 is 23.1 Å². The van der Waals surface area contributed by atoms with Crippen molar-refractivity contribution in [3.05, 3.63) is 65.2 Å². The van der Waals surface area contributed by atoms with Crippen molar-refractivity contribution in [2.75, 3.05) is 25.6 Å². The van der Waals surface area contributed by atoms with Crippen LogP contribution in [0.5, 0.6) is 0 Å². The van der Waals surface area contributed by atoms with Crippen LogP contribution in [0.4, 0.5) is 14.5 Å². The lowest BCUT2D eigenvalue weighted by atomic mass is 10.1. The zero-order valence-corrected chi connectivity index (χ0v) is 13.6. The summed E-state index contributed by atoms with van der Waals surface area (Å²) in [6.07, 6.45) is 0.180. The molecule has 25 heavy (non-hydrogen) atoms. The number of benzene rings is 2. The number of rotatable bonds is 7. The minimum atomic E-state index is -0.929. The Morgan fingerprint density at radius 2 is 1.68 bits per heavy atom. The van der Waals surface area contributed by atoms with Gasteiger partial charge in [0.05, 0.1) is 13.0 Å². The van der Waals surface area contributed by atoms with Crippen LogP contribution < -0.4 is 10.6 Å². The molecule has 0 heterocycles. The molecule has 0 bridgehead atoms. The highest BCUT2D eigenvalue weighted by Crippen LogP contribution is 2.16. The smallest absolute Gasteiger partial charge is 0.261 e. The first-order valence-electron chi connectivity index (χ1n) is 7.61. The minimum absolute atomic E-state index is 0.151. The molecule has 5 nitrogen and oxygen atoms in total. The normalized spacial score (nSPS) is 10.4. The maximum absolute atomic E-state index is 13.6. The van der Waals surface area contributed by atoms with E-state index in [0.717, 1.165) is 17.7 Å². The molecule has 0 spiro atoms. The third kappa shape index (κ3) is 5.36. The topological polar surface area (TPSA) is 67.4 Å². The summed E-state index contributed by atoms with van der Waals surface area (Å²) >= 11 is 0. The lowest BCUT2D eigenvalue weighted by molar-refractivity contribution is -0.120. The van der Waals surface area contributed by atoms with Crippen molar-refractivity contribution in [3.63, 3.8) is 0 Å². The monoisotopic (exact) mass is 348 g/mol. The summed E-state index contributed by atoms with van der Waals surface area (Å²) in [6, 6.07) is 9.66. The van der Waals surface area contributed by atoms with Crippen molar-refractivity contribution in [1.82, 2.24) is 5.32 Å². The highest BCUT2D eigenvalue weighted by molar-refractivity contribution is 6.04. The third-order valence-corrected chi connectivity index (χ3v) is 3.39. The summed E-state index contributed by atoms with van der Waals surface area (Å²) in [6.45, 7) is 0.862. The largest absolute Gasteiger partial charge is 0.383 e. The van der Waals surface area contributed by atoms with Crippen molar-refractivity contribution in [2.45, 2.75) is 6.42 Å². The number of methoxy groups -OCH3 is 1. The highest BCUT2D eigenvalue weighted by Gasteiger charge is 2.17. The van der Waals surface area contributed by atoms with E-state index in [1.807, 2.05) is 0 Å². The van der Waals surface area contributed by atoms with Crippen LogP contribution in [0.25, 0.3) is 0 Å². The molecule has 7 heteroatoms. The fraction of sp³-hybridized carbons (Fsp3) is 0.222. The number of hydrogen-bond donors (Lipinski definition) is 2. The molecule has 2 N–H and O–H groups in total. The summed E-state index contributed by atoms with van der Waals surface area (Å²) in [5.41, 5.74) is 0.477. The maximum Gasteiger partial charge on any atom is 0.261 e. The van der Waals surface area contributed by atoms with Gasteiger partial charge in [0.1, 0.15) is 17.2 Å². The zero-order valence-electron chi connectivity index (χ0n) is 13.6. The van der Waals surface area contributed by atoms with Gasteiger partial charge in [-0.25, -0.2) is 8.78 Å². The van der Waals surface area contributed by atoms with E-state index in [0.29, 0.717) is 18.8 Å². The van der Waals surface area contributed by atoms with Gasteiger partial charge in [-0.05, 0) is 29.8 Å². The quantitative estimate of drug-likeness (QED) is 0.756. The van der Waals surface area contributed by atoms with E-state index in [1.165, 1.54) is 6.07 Å². The fourth-order valence-corrected chi connectivity index (χ4v) is 2.15. The average molecular weight is 348 g/mol. The second kappa shape index (κ2) is 8.89. The summed E-state index contributed by atoms with van der Waals surface area (Å²) in [5, 5.41) is 5.12. The number of hydrogen-bond acceptors (Lipinski definition) is 3. The van der Waals surface area contributed by atoms with Gasteiger partial charge >= 0.3 is 0 Å². The van der Waals surface area contributed by atoms with Gasteiger partial charge in [0, 0.05) is 19.3 Å². The fourth-order valence-electron chi connectivity index (χ4n) is 2.15. The molecule has 0 fully saturated rings. The average Bonchev–Trinajstić information content (AvgIpc) is 2.57. The zero-order chi connectivity index (χ0) is 18.2. The number of ether oxygens (including phenoxy) is 1. The molecule has 2 amide bonds. The molecule has 0 radical (unpaired) electrons. The lowest BCUT2D eigenvalue weighted by Crippen LogP contribution is -2.28. The number of anilines is 1. The van der Waals surface area contributed by atoms with E-state index in [1.54, 1.807) is 31.4 Å². The van der Waals surface area contributed by atoms with E-state index < -0.39 is 23.1 Å². The van der Waals surface area contributed by atoms with Gasteiger partial charge in [0.2, 0.25) is 5.91 Å².